The molecule has 12 heteroatoms. The summed E-state index contributed by atoms with van der Waals surface area (Å²) in [4.78, 5) is 38.3. The van der Waals surface area contributed by atoms with Crippen molar-refractivity contribution in [3.8, 4) is 0 Å². The number of esters is 2. The van der Waals surface area contributed by atoms with Crippen molar-refractivity contribution in [1.82, 2.24) is 5.32 Å². The molecule has 1 amide bonds. The van der Waals surface area contributed by atoms with Crippen molar-refractivity contribution in [3.63, 3.8) is 0 Å². The predicted molar refractivity (Wildman–Crippen MR) is 144 cm³/mol. The van der Waals surface area contributed by atoms with Crippen molar-refractivity contribution in [1.29, 1.82) is 0 Å². The van der Waals surface area contributed by atoms with Crippen LogP contribution in [-0.2, 0) is 44.6 Å². The molecule has 0 radical (unpaired) electrons. The van der Waals surface area contributed by atoms with E-state index in [0.29, 0.717) is 12.0 Å². The number of hydrogen-bond donors (Lipinski definition) is 2. The highest BCUT2D eigenvalue weighted by Crippen LogP contribution is 2.35. The summed E-state index contributed by atoms with van der Waals surface area (Å²) >= 11 is 0. The minimum Gasteiger partial charge on any atom is -0.467 e. The molecular formula is C30H35NO11. The number of ether oxygens (including phenoxy) is 7. The number of alkyl carbamates (subject to hydrolysis) is 1. The fourth-order valence-electron chi connectivity index (χ4n) is 5.46. The summed E-state index contributed by atoms with van der Waals surface area (Å²) < 4.78 is 41.2. The maximum Gasteiger partial charge on any atom is 0.408 e. The number of carbonyl (C=O) groups excluding carboxylic acids is 3. The lowest BCUT2D eigenvalue weighted by Crippen LogP contribution is -2.66. The summed E-state index contributed by atoms with van der Waals surface area (Å²) in [5.41, 5.74) is 1.15. The predicted octanol–water partition coefficient (Wildman–Crippen LogP) is 2.12. The standard InChI is InChI=1S/C30H35NO11/c1-4-19-21(32)23-20(31-30(35)42-23)29(39-19)41-25-24(37-15-17-11-7-5-8-12-17)22(16(2)38-26(25)28(34)36-3)40-27(33)18-13-9-6-10-14-18/h5-14,16,19-26,29,32H,4,15H2,1-3H3,(H,31,35)/t16-,19?,20+,21-,22?,23?,24-,25+,26?,29+/m1/s1. The summed E-state index contributed by atoms with van der Waals surface area (Å²) in [6.45, 7) is 3.57. The van der Waals surface area contributed by atoms with Crippen molar-refractivity contribution in [2.75, 3.05) is 7.11 Å². The Kier molecular flexibility index (Phi) is 9.39. The van der Waals surface area contributed by atoms with Crippen LogP contribution in [0.4, 0.5) is 4.79 Å². The average molecular weight is 586 g/mol. The van der Waals surface area contributed by atoms with E-state index in [1.807, 2.05) is 37.3 Å². The number of benzene rings is 2. The second-order valence-corrected chi connectivity index (χ2v) is 10.4. The van der Waals surface area contributed by atoms with Gasteiger partial charge in [-0.3, -0.25) is 0 Å². The van der Waals surface area contributed by atoms with Crippen molar-refractivity contribution in [2.24, 2.45) is 0 Å². The van der Waals surface area contributed by atoms with Gasteiger partial charge in [0, 0.05) is 0 Å². The molecule has 0 aliphatic carbocycles. The van der Waals surface area contributed by atoms with E-state index in [-0.39, 0.29) is 6.61 Å². The van der Waals surface area contributed by atoms with Crippen LogP contribution >= 0.6 is 0 Å². The molecule has 2 N–H and O–H groups in total. The maximum absolute atomic E-state index is 13.2. The van der Waals surface area contributed by atoms with Crippen LogP contribution in [0.25, 0.3) is 0 Å². The molecular weight excluding hydrogens is 550 g/mol. The van der Waals surface area contributed by atoms with Gasteiger partial charge < -0.3 is 43.6 Å². The number of rotatable bonds is 9. The monoisotopic (exact) mass is 585 g/mol. The normalized spacial score (nSPS) is 34.0. The quantitative estimate of drug-likeness (QED) is 0.329. The van der Waals surface area contributed by atoms with Gasteiger partial charge in [-0.25, -0.2) is 14.4 Å². The number of nitrogens with one attached hydrogen (secondary N) is 1. The highest BCUT2D eigenvalue weighted by Gasteiger charge is 2.57. The van der Waals surface area contributed by atoms with Gasteiger partial charge in [0.15, 0.2) is 24.6 Å². The largest absolute Gasteiger partial charge is 0.467 e. The molecule has 3 aliphatic rings. The van der Waals surface area contributed by atoms with Gasteiger partial charge in [-0.2, -0.15) is 0 Å². The van der Waals surface area contributed by atoms with Crippen LogP contribution in [0.15, 0.2) is 60.7 Å². The topological polar surface area (TPSA) is 148 Å². The van der Waals surface area contributed by atoms with Crippen molar-refractivity contribution in [3.05, 3.63) is 71.8 Å². The van der Waals surface area contributed by atoms with Crippen LogP contribution in [0.5, 0.6) is 0 Å². The molecule has 2 aromatic carbocycles. The van der Waals surface area contributed by atoms with Crippen LogP contribution in [0.3, 0.4) is 0 Å². The molecule has 2 aromatic rings. The van der Waals surface area contributed by atoms with Crippen LogP contribution in [0, 0.1) is 0 Å². The zero-order chi connectivity index (χ0) is 29.8. The lowest BCUT2D eigenvalue weighted by atomic mass is 9.93. The van der Waals surface area contributed by atoms with E-state index in [0.717, 1.165) is 5.56 Å². The minimum atomic E-state index is -1.30. The lowest BCUT2D eigenvalue weighted by Gasteiger charge is -2.47. The molecule has 10 atom stereocenters. The van der Waals surface area contributed by atoms with Crippen LogP contribution in [0.2, 0.25) is 0 Å². The number of fused-ring (bicyclic) bond motifs is 1. The van der Waals surface area contributed by atoms with E-state index in [4.69, 9.17) is 33.2 Å². The Labute approximate surface area is 243 Å². The molecule has 12 nitrogen and oxygen atoms in total. The first-order chi connectivity index (χ1) is 20.3. The first-order valence-electron chi connectivity index (χ1n) is 13.9. The SMILES string of the molecule is CCC1O[C@@H](O[C@@H]2C(C(=O)OC)O[C@H](C)C(OC(=O)c3ccccc3)[C@H]2OCc2ccccc2)[C@H]2NC(=O)OC2[C@@H]1O. The molecule has 3 saturated heterocycles. The molecule has 226 valence electrons. The Bertz CT molecular complexity index is 1230. The molecule has 0 spiro atoms. The molecule has 4 unspecified atom stereocenters. The van der Waals surface area contributed by atoms with E-state index < -0.39 is 79.2 Å². The number of aliphatic hydroxyl groups excluding tert-OH is 1. The van der Waals surface area contributed by atoms with Gasteiger partial charge in [0.05, 0.1) is 31.5 Å². The highest BCUT2D eigenvalue weighted by atomic mass is 16.7. The summed E-state index contributed by atoms with van der Waals surface area (Å²) in [5, 5.41) is 13.3. The molecule has 0 bridgehead atoms. The number of hydrogen-bond acceptors (Lipinski definition) is 11. The summed E-state index contributed by atoms with van der Waals surface area (Å²) in [6, 6.07) is 16.9. The third kappa shape index (κ3) is 6.27. The Hall–Kier alpha value is -3.55. The molecule has 0 saturated carbocycles. The fourth-order valence-corrected chi connectivity index (χ4v) is 5.46. The third-order valence-electron chi connectivity index (χ3n) is 7.64. The highest BCUT2D eigenvalue weighted by molar-refractivity contribution is 5.89. The Balaban J connectivity index is 1.48. The van der Waals surface area contributed by atoms with Crippen LogP contribution < -0.4 is 5.32 Å². The minimum absolute atomic E-state index is 0.0963. The van der Waals surface area contributed by atoms with Crippen LogP contribution in [-0.4, -0.2) is 91.4 Å². The van der Waals surface area contributed by atoms with Gasteiger partial charge in [-0.1, -0.05) is 55.5 Å². The molecule has 42 heavy (non-hydrogen) atoms. The second-order valence-electron chi connectivity index (χ2n) is 10.4. The van der Waals surface area contributed by atoms with Gasteiger partial charge in [0.25, 0.3) is 0 Å². The van der Waals surface area contributed by atoms with E-state index >= 15 is 0 Å². The lowest BCUT2D eigenvalue weighted by molar-refractivity contribution is -0.314. The van der Waals surface area contributed by atoms with E-state index in [2.05, 4.69) is 5.32 Å². The zero-order valence-electron chi connectivity index (χ0n) is 23.5. The molecule has 0 aromatic heterocycles. The zero-order valence-corrected chi connectivity index (χ0v) is 23.5. The number of amides is 1. The maximum atomic E-state index is 13.2. The first-order valence-corrected chi connectivity index (χ1v) is 13.9. The number of carbonyl (C=O) groups is 3. The average Bonchev–Trinajstić information content (AvgIpc) is 3.42. The van der Waals surface area contributed by atoms with Gasteiger partial charge >= 0.3 is 18.0 Å². The summed E-state index contributed by atoms with van der Waals surface area (Å²) in [6.07, 6.45) is -9.66. The number of aliphatic hydroxyl groups is 1. The van der Waals surface area contributed by atoms with Gasteiger partial charge in [-0.15, -0.1) is 0 Å². The van der Waals surface area contributed by atoms with E-state index in [9.17, 15) is 19.5 Å². The number of methoxy groups -OCH3 is 1. The fraction of sp³-hybridized carbons (Fsp3) is 0.500. The van der Waals surface area contributed by atoms with Gasteiger partial charge in [-0.05, 0) is 31.0 Å². The summed E-state index contributed by atoms with van der Waals surface area (Å²) in [5.74, 6) is -1.35. The first kappa shape index (κ1) is 29.9. The molecule has 3 heterocycles. The second kappa shape index (κ2) is 13.2. The molecule has 5 rings (SSSR count). The smallest absolute Gasteiger partial charge is 0.408 e. The van der Waals surface area contributed by atoms with Crippen LogP contribution in [0.1, 0.15) is 36.2 Å². The van der Waals surface area contributed by atoms with Crippen molar-refractivity contribution in [2.45, 2.75) is 88.0 Å². The summed E-state index contributed by atoms with van der Waals surface area (Å²) in [7, 11) is 1.22. The third-order valence-corrected chi connectivity index (χ3v) is 7.64. The molecule has 3 aliphatic heterocycles. The van der Waals surface area contributed by atoms with Gasteiger partial charge in [0.1, 0.15) is 24.4 Å². The van der Waals surface area contributed by atoms with Gasteiger partial charge in [0.2, 0.25) is 0 Å². The Morgan fingerprint density at radius 1 is 0.976 bits per heavy atom. The Morgan fingerprint density at radius 3 is 2.33 bits per heavy atom. The van der Waals surface area contributed by atoms with Crippen molar-refractivity contribution < 1.29 is 52.6 Å². The molecule has 3 fully saturated rings. The van der Waals surface area contributed by atoms with Crippen molar-refractivity contribution >= 4 is 18.0 Å². The van der Waals surface area contributed by atoms with E-state index in [1.165, 1.54) is 7.11 Å². The Morgan fingerprint density at radius 2 is 1.67 bits per heavy atom. The van der Waals surface area contributed by atoms with E-state index in [1.54, 1.807) is 37.3 Å².